The van der Waals surface area contributed by atoms with E-state index in [1.165, 1.54) is 64.6 Å². The SMILES string of the molecule is CCN1CCCC(CNC(=NC)NCCCOC2CCCCC2)C1.I. The van der Waals surface area contributed by atoms with Gasteiger partial charge in [0.15, 0.2) is 5.96 Å². The van der Waals surface area contributed by atoms with Crippen LogP contribution in [0.3, 0.4) is 0 Å². The fourth-order valence-corrected chi connectivity index (χ4v) is 3.83. The number of ether oxygens (including phenoxy) is 1. The molecule has 1 aliphatic carbocycles. The van der Waals surface area contributed by atoms with E-state index in [2.05, 4.69) is 27.4 Å². The van der Waals surface area contributed by atoms with Crippen molar-refractivity contribution in [3.8, 4) is 0 Å². The number of piperidine rings is 1. The minimum atomic E-state index is 0. The van der Waals surface area contributed by atoms with E-state index in [0.717, 1.165) is 38.0 Å². The average Bonchev–Trinajstić information content (AvgIpc) is 2.65. The van der Waals surface area contributed by atoms with Crippen LogP contribution in [0, 0.1) is 5.92 Å². The van der Waals surface area contributed by atoms with Crippen molar-refractivity contribution >= 4 is 29.9 Å². The molecule has 1 unspecified atom stereocenters. The van der Waals surface area contributed by atoms with Gasteiger partial charge in [0.25, 0.3) is 0 Å². The molecular weight excluding hydrogens is 427 g/mol. The predicted octanol–water partition coefficient (Wildman–Crippen LogP) is 3.24. The molecule has 5 nitrogen and oxygen atoms in total. The number of likely N-dealkylation sites (tertiary alicyclic amines) is 1. The molecule has 25 heavy (non-hydrogen) atoms. The van der Waals surface area contributed by atoms with Crippen LogP contribution >= 0.6 is 24.0 Å². The van der Waals surface area contributed by atoms with Gasteiger partial charge in [-0.25, -0.2) is 0 Å². The van der Waals surface area contributed by atoms with Gasteiger partial charge in [-0.1, -0.05) is 26.2 Å². The quantitative estimate of drug-likeness (QED) is 0.250. The lowest BCUT2D eigenvalue weighted by atomic mass is 9.98. The molecule has 148 valence electrons. The molecule has 1 atom stereocenters. The summed E-state index contributed by atoms with van der Waals surface area (Å²) >= 11 is 0. The first-order chi connectivity index (χ1) is 11.8. The van der Waals surface area contributed by atoms with Crippen molar-refractivity contribution in [1.82, 2.24) is 15.5 Å². The van der Waals surface area contributed by atoms with Crippen LogP contribution in [-0.2, 0) is 4.74 Å². The van der Waals surface area contributed by atoms with Gasteiger partial charge in [-0.2, -0.15) is 0 Å². The smallest absolute Gasteiger partial charge is 0.190 e. The molecule has 0 aromatic heterocycles. The standard InChI is InChI=1S/C19H38N4O.HI/c1-3-23-13-7-9-17(16-23)15-22-19(20-2)21-12-8-14-24-18-10-5-4-6-11-18;/h17-18H,3-16H2,1-2H3,(H2,20,21,22);1H. The number of hydrogen-bond donors (Lipinski definition) is 2. The Bertz CT molecular complexity index is 361. The third kappa shape index (κ3) is 9.43. The maximum absolute atomic E-state index is 5.97. The molecule has 0 radical (unpaired) electrons. The molecule has 0 spiro atoms. The van der Waals surface area contributed by atoms with Gasteiger partial charge in [0.2, 0.25) is 0 Å². The van der Waals surface area contributed by atoms with Gasteiger partial charge in [-0.15, -0.1) is 24.0 Å². The second-order valence-electron chi connectivity index (χ2n) is 7.27. The zero-order valence-corrected chi connectivity index (χ0v) is 18.6. The fourth-order valence-electron chi connectivity index (χ4n) is 3.83. The Hall–Kier alpha value is -0.0800. The molecule has 1 saturated carbocycles. The highest BCUT2D eigenvalue weighted by Crippen LogP contribution is 2.20. The highest BCUT2D eigenvalue weighted by Gasteiger charge is 2.18. The van der Waals surface area contributed by atoms with E-state index in [1.54, 1.807) is 0 Å². The maximum Gasteiger partial charge on any atom is 0.190 e. The van der Waals surface area contributed by atoms with Crippen molar-refractivity contribution in [2.75, 3.05) is 46.4 Å². The van der Waals surface area contributed by atoms with Crippen LogP contribution in [0.15, 0.2) is 4.99 Å². The highest BCUT2D eigenvalue weighted by atomic mass is 127. The first-order valence-electron chi connectivity index (χ1n) is 10.1. The van der Waals surface area contributed by atoms with E-state index in [4.69, 9.17) is 4.74 Å². The fraction of sp³-hybridized carbons (Fsp3) is 0.947. The van der Waals surface area contributed by atoms with Gasteiger partial charge in [0.05, 0.1) is 6.10 Å². The second-order valence-corrected chi connectivity index (χ2v) is 7.27. The summed E-state index contributed by atoms with van der Waals surface area (Å²) in [7, 11) is 1.85. The van der Waals surface area contributed by atoms with Crippen LogP contribution in [-0.4, -0.2) is 63.3 Å². The maximum atomic E-state index is 5.97. The summed E-state index contributed by atoms with van der Waals surface area (Å²) in [6.45, 7) is 8.72. The predicted molar refractivity (Wildman–Crippen MR) is 117 cm³/mol. The van der Waals surface area contributed by atoms with Gasteiger partial charge in [-0.3, -0.25) is 4.99 Å². The molecule has 0 aromatic rings. The highest BCUT2D eigenvalue weighted by molar-refractivity contribution is 14.0. The number of halogens is 1. The van der Waals surface area contributed by atoms with Gasteiger partial charge in [0.1, 0.15) is 0 Å². The van der Waals surface area contributed by atoms with Crippen LogP contribution in [0.4, 0.5) is 0 Å². The first kappa shape index (κ1) is 23.0. The van der Waals surface area contributed by atoms with Crippen LogP contribution in [0.5, 0.6) is 0 Å². The third-order valence-electron chi connectivity index (χ3n) is 5.35. The number of rotatable bonds is 8. The molecule has 1 heterocycles. The van der Waals surface area contributed by atoms with Crippen molar-refractivity contribution in [2.24, 2.45) is 10.9 Å². The van der Waals surface area contributed by atoms with Crippen molar-refractivity contribution in [3.05, 3.63) is 0 Å². The Labute approximate surface area is 171 Å². The van der Waals surface area contributed by atoms with Crippen LogP contribution in [0.25, 0.3) is 0 Å². The molecule has 2 aliphatic rings. The molecular formula is C19H39IN4O. The molecule has 2 fully saturated rings. The summed E-state index contributed by atoms with van der Waals surface area (Å²) < 4.78 is 5.97. The molecule has 0 aromatic carbocycles. The monoisotopic (exact) mass is 466 g/mol. The third-order valence-corrected chi connectivity index (χ3v) is 5.35. The largest absolute Gasteiger partial charge is 0.378 e. The Morgan fingerprint density at radius 3 is 2.64 bits per heavy atom. The lowest BCUT2D eigenvalue weighted by molar-refractivity contribution is 0.0277. The summed E-state index contributed by atoms with van der Waals surface area (Å²) in [6, 6.07) is 0. The lowest BCUT2D eigenvalue weighted by Gasteiger charge is -2.32. The normalized spacial score (nSPS) is 23.1. The van der Waals surface area contributed by atoms with Crippen molar-refractivity contribution in [3.63, 3.8) is 0 Å². The van der Waals surface area contributed by atoms with E-state index >= 15 is 0 Å². The van der Waals surface area contributed by atoms with Gasteiger partial charge >= 0.3 is 0 Å². The second kappa shape index (κ2) is 14.0. The number of hydrogen-bond acceptors (Lipinski definition) is 3. The Kier molecular flexibility index (Phi) is 12.9. The van der Waals surface area contributed by atoms with Crippen molar-refractivity contribution < 1.29 is 4.74 Å². The van der Waals surface area contributed by atoms with E-state index in [0.29, 0.717) is 6.10 Å². The zero-order chi connectivity index (χ0) is 17.0. The van der Waals surface area contributed by atoms with E-state index in [-0.39, 0.29) is 24.0 Å². The molecule has 0 bridgehead atoms. The summed E-state index contributed by atoms with van der Waals surface area (Å²) in [4.78, 5) is 6.89. The summed E-state index contributed by atoms with van der Waals surface area (Å²) in [5.74, 6) is 1.67. The lowest BCUT2D eigenvalue weighted by Crippen LogP contribution is -2.44. The topological polar surface area (TPSA) is 48.9 Å². The van der Waals surface area contributed by atoms with Crippen LogP contribution in [0.1, 0.15) is 58.3 Å². The molecule has 1 aliphatic heterocycles. The number of nitrogens with one attached hydrogen (secondary N) is 2. The molecule has 2 rings (SSSR count). The average molecular weight is 466 g/mol. The summed E-state index contributed by atoms with van der Waals surface area (Å²) in [6.07, 6.45) is 10.8. The van der Waals surface area contributed by atoms with Gasteiger partial charge in [-0.05, 0) is 51.1 Å². The molecule has 0 amide bonds. The minimum absolute atomic E-state index is 0. The number of nitrogens with zero attached hydrogens (tertiary/aromatic N) is 2. The van der Waals surface area contributed by atoms with Crippen molar-refractivity contribution in [1.29, 1.82) is 0 Å². The van der Waals surface area contributed by atoms with E-state index in [1.807, 2.05) is 7.05 Å². The van der Waals surface area contributed by atoms with Crippen LogP contribution < -0.4 is 10.6 Å². The number of guanidine groups is 1. The van der Waals surface area contributed by atoms with E-state index < -0.39 is 0 Å². The minimum Gasteiger partial charge on any atom is -0.378 e. The number of aliphatic imine (C=N–C) groups is 1. The first-order valence-corrected chi connectivity index (χ1v) is 10.1. The van der Waals surface area contributed by atoms with Gasteiger partial charge in [0, 0.05) is 33.3 Å². The molecule has 6 heteroatoms. The van der Waals surface area contributed by atoms with Gasteiger partial charge < -0.3 is 20.3 Å². The van der Waals surface area contributed by atoms with E-state index in [9.17, 15) is 0 Å². The Balaban J connectivity index is 0.00000312. The van der Waals surface area contributed by atoms with Crippen molar-refractivity contribution in [2.45, 2.75) is 64.4 Å². The van der Waals surface area contributed by atoms with Crippen LogP contribution in [0.2, 0.25) is 0 Å². The zero-order valence-electron chi connectivity index (χ0n) is 16.3. The Morgan fingerprint density at radius 2 is 1.92 bits per heavy atom. The molecule has 2 N–H and O–H groups in total. The summed E-state index contributed by atoms with van der Waals surface area (Å²) in [5, 5.41) is 6.91. The molecule has 1 saturated heterocycles. The summed E-state index contributed by atoms with van der Waals surface area (Å²) in [5.41, 5.74) is 0. The Morgan fingerprint density at radius 1 is 1.12 bits per heavy atom.